The highest BCUT2D eigenvalue weighted by Crippen LogP contribution is 2.34. The minimum absolute atomic E-state index is 0.0715. The third-order valence-electron chi connectivity index (χ3n) is 4.70. The van der Waals surface area contributed by atoms with Crippen molar-refractivity contribution in [1.29, 1.82) is 0 Å². The highest BCUT2D eigenvalue weighted by atomic mass is 32.2. The normalized spacial score (nSPS) is 14.1. The Bertz CT molecular complexity index is 1050. The fourth-order valence-electron chi connectivity index (χ4n) is 3.21. The van der Waals surface area contributed by atoms with Gasteiger partial charge in [0.25, 0.3) is 0 Å². The van der Waals surface area contributed by atoms with Gasteiger partial charge in [-0.25, -0.2) is 18.5 Å². The first-order chi connectivity index (χ1) is 13.6. The van der Waals surface area contributed by atoms with E-state index in [-0.39, 0.29) is 16.9 Å². The number of nitrogens with one attached hydrogen (secondary N) is 1. The van der Waals surface area contributed by atoms with Crippen molar-refractivity contribution in [3.8, 4) is 0 Å². The van der Waals surface area contributed by atoms with Crippen LogP contribution >= 0.6 is 0 Å². The van der Waals surface area contributed by atoms with Gasteiger partial charge < -0.3 is 14.8 Å². The summed E-state index contributed by atoms with van der Waals surface area (Å²) >= 11 is 0. The number of aryl methyl sites for hydroxylation is 1. The predicted octanol–water partition coefficient (Wildman–Crippen LogP) is 5.13. The molecule has 0 aliphatic carbocycles. The molecule has 0 bridgehead atoms. The lowest BCUT2D eigenvalue weighted by atomic mass is 9.92. The maximum atomic E-state index is 14.1. The third-order valence-corrected chi connectivity index (χ3v) is 5.92. The van der Waals surface area contributed by atoms with Gasteiger partial charge in [0.05, 0.1) is 5.60 Å². The second-order valence-corrected chi connectivity index (χ2v) is 10.2. The van der Waals surface area contributed by atoms with Gasteiger partial charge in [0.15, 0.2) is 9.92 Å². The minimum atomic E-state index is -3.70. The molecule has 2 aromatic rings. The number of nitrogens with two attached hydrogens (primary N) is 1. The topological polar surface area (TPSA) is 118 Å². The number of aliphatic hydroxyl groups is 1. The molecule has 0 radical (unpaired) electrons. The molecule has 0 saturated carbocycles. The number of carbonyl (C=O) groups is 1. The van der Waals surface area contributed by atoms with E-state index in [1.807, 2.05) is 27.7 Å². The largest absolute Gasteiger partial charge is 0.450 e. The highest BCUT2D eigenvalue weighted by molar-refractivity contribution is 7.91. The van der Waals surface area contributed by atoms with Crippen molar-refractivity contribution in [3.05, 3.63) is 46.5 Å². The summed E-state index contributed by atoms with van der Waals surface area (Å²) < 4.78 is 36.0. The molecule has 0 aliphatic heterocycles. The van der Waals surface area contributed by atoms with Crippen LogP contribution in [0.1, 0.15) is 75.8 Å². The molecule has 4 N–H and O–H groups in total. The Kier molecular flexibility index (Phi) is 6.80. The number of halogens is 1. The standard InChI is InChI=1S/C21H30FN3O4S/c1-11(2)15-8-14(22)9-16(12(3)4)19(15)24-20(26)25-30(23,28)18-10-17(13(5)29-18)21(6,7)27/h8-12,27H,1-7H3,(H3,23,24,25,26,28). The van der Waals surface area contributed by atoms with Crippen LogP contribution in [0.25, 0.3) is 0 Å². The van der Waals surface area contributed by atoms with Gasteiger partial charge in [-0.2, -0.15) is 0 Å². The zero-order valence-corrected chi connectivity index (χ0v) is 19.2. The molecule has 0 aliphatic rings. The number of rotatable bonds is 5. The minimum Gasteiger partial charge on any atom is -0.450 e. The first-order valence-corrected chi connectivity index (χ1v) is 11.2. The van der Waals surface area contributed by atoms with Crippen molar-refractivity contribution < 1.29 is 22.9 Å². The van der Waals surface area contributed by atoms with Gasteiger partial charge in [-0.3, -0.25) is 0 Å². The number of urea groups is 1. The average molecular weight is 440 g/mol. The van der Waals surface area contributed by atoms with E-state index in [0.717, 1.165) is 0 Å². The van der Waals surface area contributed by atoms with E-state index < -0.39 is 27.4 Å². The summed E-state index contributed by atoms with van der Waals surface area (Å²) in [6.07, 6.45) is 0. The zero-order valence-electron chi connectivity index (χ0n) is 18.4. The number of anilines is 1. The van der Waals surface area contributed by atoms with E-state index in [9.17, 15) is 18.5 Å². The number of carbonyl (C=O) groups excluding carboxylic acids is 1. The summed E-state index contributed by atoms with van der Waals surface area (Å²) in [5.74, 6) is -0.213. The number of amides is 2. The van der Waals surface area contributed by atoms with Gasteiger partial charge >= 0.3 is 6.03 Å². The predicted molar refractivity (Wildman–Crippen MR) is 115 cm³/mol. The maximum absolute atomic E-state index is 14.1. The van der Waals surface area contributed by atoms with Crippen molar-refractivity contribution in [2.75, 3.05) is 5.32 Å². The van der Waals surface area contributed by atoms with Gasteiger partial charge in [0.2, 0.25) is 5.09 Å². The Balaban J connectivity index is 2.48. The summed E-state index contributed by atoms with van der Waals surface area (Å²) in [6.45, 7) is 12.2. The Labute approximate surface area is 177 Å². The van der Waals surface area contributed by atoms with Crippen LogP contribution in [-0.2, 0) is 15.5 Å². The van der Waals surface area contributed by atoms with Crippen LogP contribution in [0.2, 0.25) is 0 Å². The number of nitrogens with zero attached hydrogens (tertiary/aromatic N) is 1. The highest BCUT2D eigenvalue weighted by Gasteiger charge is 2.26. The van der Waals surface area contributed by atoms with Gasteiger partial charge in [-0.1, -0.05) is 27.7 Å². The SMILES string of the molecule is Cc1oc(S(N)(=O)=NC(=O)Nc2c(C(C)C)cc(F)cc2C(C)C)cc1C(C)(C)O. The van der Waals surface area contributed by atoms with E-state index in [2.05, 4.69) is 9.68 Å². The van der Waals surface area contributed by atoms with Crippen LogP contribution in [0.4, 0.5) is 14.9 Å². The zero-order chi connectivity index (χ0) is 23.0. The molecule has 1 unspecified atom stereocenters. The second-order valence-electron chi connectivity index (χ2n) is 8.45. The van der Waals surface area contributed by atoms with Crippen molar-refractivity contribution >= 4 is 21.6 Å². The molecule has 0 spiro atoms. The van der Waals surface area contributed by atoms with Crippen molar-refractivity contribution in [2.24, 2.45) is 9.50 Å². The molecule has 2 amide bonds. The lowest BCUT2D eigenvalue weighted by molar-refractivity contribution is 0.0769. The van der Waals surface area contributed by atoms with E-state index in [0.29, 0.717) is 28.1 Å². The van der Waals surface area contributed by atoms with Gasteiger partial charge in [0.1, 0.15) is 11.6 Å². The van der Waals surface area contributed by atoms with Gasteiger partial charge in [-0.15, -0.1) is 4.36 Å². The molecule has 9 heteroatoms. The van der Waals surface area contributed by atoms with Crippen LogP contribution in [0.5, 0.6) is 0 Å². The smallest absolute Gasteiger partial charge is 0.354 e. The van der Waals surface area contributed by atoms with Crippen LogP contribution in [0.3, 0.4) is 0 Å². The molecule has 0 saturated heterocycles. The lowest BCUT2D eigenvalue weighted by Crippen LogP contribution is -2.19. The van der Waals surface area contributed by atoms with Crippen LogP contribution < -0.4 is 10.5 Å². The van der Waals surface area contributed by atoms with Gasteiger partial charge in [0, 0.05) is 17.3 Å². The van der Waals surface area contributed by atoms with Crippen molar-refractivity contribution in [1.82, 2.24) is 0 Å². The van der Waals surface area contributed by atoms with Crippen molar-refractivity contribution in [2.45, 2.75) is 71.0 Å². The summed E-state index contributed by atoms with van der Waals surface area (Å²) in [5.41, 5.74) is 0.788. The van der Waals surface area contributed by atoms with Crippen LogP contribution in [-0.4, -0.2) is 15.3 Å². The Hall–Kier alpha value is -2.23. The molecule has 1 aromatic carbocycles. The molecule has 166 valence electrons. The average Bonchev–Trinajstić information content (AvgIpc) is 2.98. The van der Waals surface area contributed by atoms with E-state index in [1.165, 1.54) is 18.2 Å². The molecule has 1 heterocycles. The van der Waals surface area contributed by atoms with E-state index >= 15 is 0 Å². The fourth-order valence-corrected chi connectivity index (χ4v) is 4.12. The molecule has 1 atom stereocenters. The summed E-state index contributed by atoms with van der Waals surface area (Å²) in [5, 5.41) is 18.4. The molecule has 2 rings (SSSR count). The summed E-state index contributed by atoms with van der Waals surface area (Å²) in [6, 6.07) is 3.12. The summed E-state index contributed by atoms with van der Waals surface area (Å²) in [4.78, 5) is 12.6. The molecular weight excluding hydrogens is 409 g/mol. The Morgan fingerprint density at radius 2 is 1.70 bits per heavy atom. The van der Waals surface area contributed by atoms with Crippen molar-refractivity contribution in [3.63, 3.8) is 0 Å². The molecule has 7 nitrogen and oxygen atoms in total. The maximum Gasteiger partial charge on any atom is 0.354 e. The summed E-state index contributed by atoms with van der Waals surface area (Å²) in [7, 11) is -3.70. The first kappa shape index (κ1) is 24.0. The van der Waals surface area contributed by atoms with Gasteiger partial charge in [-0.05, 0) is 55.9 Å². The third kappa shape index (κ3) is 5.27. The molecule has 1 aromatic heterocycles. The van der Waals surface area contributed by atoms with Crippen LogP contribution in [0.15, 0.2) is 32.1 Å². The number of hydrogen-bond donors (Lipinski definition) is 3. The lowest BCUT2D eigenvalue weighted by Gasteiger charge is -2.19. The number of hydrogen-bond acceptors (Lipinski definition) is 4. The molecule has 30 heavy (non-hydrogen) atoms. The van der Waals surface area contributed by atoms with E-state index in [1.54, 1.807) is 20.8 Å². The molecule has 0 fully saturated rings. The number of furan rings is 1. The first-order valence-electron chi connectivity index (χ1n) is 9.66. The second kappa shape index (κ2) is 8.49. The monoisotopic (exact) mass is 439 g/mol. The Morgan fingerprint density at radius 1 is 1.20 bits per heavy atom. The molecular formula is C21H30FN3O4S. The van der Waals surface area contributed by atoms with E-state index in [4.69, 9.17) is 9.56 Å². The quantitative estimate of drug-likeness (QED) is 0.598. The van der Waals surface area contributed by atoms with Crippen LogP contribution in [0, 0.1) is 12.7 Å². The number of benzene rings is 1. The Morgan fingerprint density at radius 3 is 2.10 bits per heavy atom. The fraction of sp³-hybridized carbons (Fsp3) is 0.476.